The summed E-state index contributed by atoms with van der Waals surface area (Å²) in [6, 6.07) is 1.58. The Morgan fingerprint density at radius 3 is 3.00 bits per heavy atom. The third-order valence-electron chi connectivity index (χ3n) is 2.22. The van der Waals surface area contributed by atoms with E-state index in [0.717, 1.165) is 0 Å². The number of anilines is 1. The first-order valence-electron chi connectivity index (χ1n) is 5.13. The lowest BCUT2D eigenvalue weighted by molar-refractivity contribution is 0.595. The second-order valence-electron chi connectivity index (χ2n) is 3.68. The molecule has 2 aromatic heterocycles. The molecule has 0 spiro atoms. The summed E-state index contributed by atoms with van der Waals surface area (Å²) in [7, 11) is -3.43. The van der Waals surface area contributed by atoms with Gasteiger partial charge in [-0.3, -0.25) is 0 Å². The summed E-state index contributed by atoms with van der Waals surface area (Å²) in [5.41, 5.74) is 0.0715. The number of fused-ring (bicyclic) bond motifs is 1. The van der Waals surface area contributed by atoms with Crippen molar-refractivity contribution in [3.63, 3.8) is 0 Å². The number of hydrogen-bond acceptors (Lipinski definition) is 6. The average Bonchev–Trinajstić information content (AvgIpc) is 2.65. The van der Waals surface area contributed by atoms with Crippen molar-refractivity contribution in [1.29, 1.82) is 0 Å². The number of nitrogens with zero attached hydrogens (tertiary/aromatic N) is 3. The molecule has 2 rings (SSSR count). The Kier molecular flexibility index (Phi) is 3.30. The summed E-state index contributed by atoms with van der Waals surface area (Å²) in [6.45, 7) is 0.411. The van der Waals surface area contributed by atoms with E-state index in [9.17, 15) is 13.2 Å². The van der Waals surface area contributed by atoms with E-state index in [-0.39, 0.29) is 11.4 Å². The van der Waals surface area contributed by atoms with E-state index in [2.05, 4.69) is 20.5 Å². The molecule has 0 saturated heterocycles. The highest BCUT2D eigenvalue weighted by molar-refractivity contribution is 7.89. The number of aromatic nitrogens is 4. The maximum Gasteiger partial charge on any atom is 0.348 e. The summed E-state index contributed by atoms with van der Waals surface area (Å²) < 4.78 is 22.7. The Bertz CT molecular complexity index is 703. The summed E-state index contributed by atoms with van der Waals surface area (Å²) in [6.07, 6.45) is 1.71. The highest BCUT2D eigenvalue weighted by Gasteiger charge is 2.04. The zero-order chi connectivity index (χ0) is 13.2. The van der Waals surface area contributed by atoms with Crippen LogP contribution in [0.25, 0.3) is 5.65 Å². The molecular weight excluding hydrogens is 260 g/mol. The molecule has 0 amide bonds. The fourth-order valence-corrected chi connectivity index (χ4v) is 1.94. The molecule has 0 bridgehead atoms. The quantitative estimate of drug-likeness (QED) is 0.567. The van der Waals surface area contributed by atoms with Gasteiger partial charge in [0.25, 0.3) is 0 Å². The SMILES string of the molecule is NS(=O)(=O)CCCNc1cc2n[nH]c(=O)n2cn1. The molecule has 0 saturated carbocycles. The van der Waals surface area contributed by atoms with E-state index < -0.39 is 10.0 Å². The number of nitrogens with two attached hydrogens (primary N) is 1. The number of rotatable bonds is 5. The number of primary sulfonamides is 1. The van der Waals surface area contributed by atoms with Crippen LogP contribution in [0.1, 0.15) is 6.42 Å². The van der Waals surface area contributed by atoms with Crippen LogP contribution in [0.3, 0.4) is 0 Å². The first kappa shape index (κ1) is 12.5. The van der Waals surface area contributed by atoms with Crippen LogP contribution in [0.15, 0.2) is 17.2 Å². The molecule has 9 nitrogen and oxygen atoms in total. The van der Waals surface area contributed by atoms with E-state index in [1.165, 1.54) is 10.7 Å². The van der Waals surface area contributed by atoms with Crippen LogP contribution in [0.4, 0.5) is 5.82 Å². The van der Waals surface area contributed by atoms with Gasteiger partial charge in [-0.2, -0.15) is 5.10 Å². The van der Waals surface area contributed by atoms with Crippen molar-refractivity contribution in [2.45, 2.75) is 6.42 Å². The molecule has 2 aromatic rings. The van der Waals surface area contributed by atoms with Crippen molar-refractivity contribution >= 4 is 21.5 Å². The Hall–Kier alpha value is -1.94. The first-order valence-corrected chi connectivity index (χ1v) is 6.84. The van der Waals surface area contributed by atoms with Gasteiger partial charge >= 0.3 is 5.69 Å². The molecule has 0 aliphatic carbocycles. The van der Waals surface area contributed by atoms with Crippen LogP contribution < -0.4 is 16.1 Å². The smallest absolute Gasteiger partial charge is 0.348 e. The molecule has 0 aliphatic rings. The molecule has 18 heavy (non-hydrogen) atoms. The Morgan fingerprint density at radius 2 is 2.28 bits per heavy atom. The summed E-state index contributed by atoms with van der Waals surface area (Å²) in [5, 5.41) is 13.8. The van der Waals surface area contributed by atoms with E-state index in [0.29, 0.717) is 24.4 Å². The largest absolute Gasteiger partial charge is 0.370 e. The van der Waals surface area contributed by atoms with Gasteiger partial charge in [0.2, 0.25) is 10.0 Å². The summed E-state index contributed by atoms with van der Waals surface area (Å²) in [5.74, 6) is 0.417. The second kappa shape index (κ2) is 4.74. The number of sulfonamides is 1. The van der Waals surface area contributed by atoms with Gasteiger partial charge in [-0.1, -0.05) is 0 Å². The fraction of sp³-hybridized carbons (Fsp3) is 0.375. The van der Waals surface area contributed by atoms with E-state index in [4.69, 9.17) is 5.14 Å². The first-order chi connectivity index (χ1) is 8.46. The van der Waals surface area contributed by atoms with Gasteiger partial charge < -0.3 is 5.32 Å². The van der Waals surface area contributed by atoms with Crippen LogP contribution in [-0.2, 0) is 10.0 Å². The summed E-state index contributed by atoms with van der Waals surface area (Å²) >= 11 is 0. The maximum absolute atomic E-state index is 11.2. The van der Waals surface area contributed by atoms with Crippen molar-refractivity contribution in [1.82, 2.24) is 19.6 Å². The number of hydrogen-bond donors (Lipinski definition) is 3. The molecule has 98 valence electrons. The molecule has 0 aliphatic heterocycles. The third-order valence-corrected chi connectivity index (χ3v) is 3.08. The minimum Gasteiger partial charge on any atom is -0.370 e. The predicted octanol–water partition coefficient (Wildman–Crippen LogP) is -1.49. The average molecular weight is 272 g/mol. The fourth-order valence-electron chi connectivity index (χ4n) is 1.40. The highest BCUT2D eigenvalue weighted by Crippen LogP contribution is 2.04. The molecule has 0 aromatic carbocycles. The Labute approximate surface area is 102 Å². The molecular formula is C8H12N6O3S. The molecule has 0 fully saturated rings. The zero-order valence-corrected chi connectivity index (χ0v) is 10.1. The minimum atomic E-state index is -3.43. The summed E-state index contributed by atoms with van der Waals surface area (Å²) in [4.78, 5) is 15.1. The van der Waals surface area contributed by atoms with Crippen LogP contribution in [0, 0.1) is 0 Å². The highest BCUT2D eigenvalue weighted by atomic mass is 32.2. The number of nitrogens with one attached hydrogen (secondary N) is 2. The standard InChI is InChI=1S/C8H12N6O3S/c9-18(16,17)3-1-2-10-6-4-7-12-13-8(15)14(7)5-11-6/h4-5,10H,1-3H2,(H,13,15)(H2,9,16,17). The topological polar surface area (TPSA) is 135 Å². The Balaban J connectivity index is 1.98. The molecule has 2 heterocycles. The van der Waals surface area contributed by atoms with Crippen molar-refractivity contribution in [3.8, 4) is 0 Å². The zero-order valence-electron chi connectivity index (χ0n) is 9.33. The van der Waals surface area contributed by atoms with E-state index in [1.807, 2.05) is 0 Å². The lowest BCUT2D eigenvalue weighted by Crippen LogP contribution is -2.19. The monoisotopic (exact) mass is 272 g/mol. The predicted molar refractivity (Wildman–Crippen MR) is 64.7 cm³/mol. The molecule has 0 radical (unpaired) electrons. The van der Waals surface area contributed by atoms with Crippen LogP contribution >= 0.6 is 0 Å². The lowest BCUT2D eigenvalue weighted by atomic mass is 10.4. The van der Waals surface area contributed by atoms with Gasteiger partial charge in [-0.25, -0.2) is 32.8 Å². The number of H-pyrrole nitrogens is 1. The van der Waals surface area contributed by atoms with Gasteiger partial charge in [0.15, 0.2) is 5.65 Å². The van der Waals surface area contributed by atoms with Crippen molar-refractivity contribution in [2.24, 2.45) is 5.14 Å². The van der Waals surface area contributed by atoms with Gasteiger partial charge in [0.05, 0.1) is 5.75 Å². The van der Waals surface area contributed by atoms with Gasteiger partial charge in [0, 0.05) is 12.6 Å². The van der Waals surface area contributed by atoms with Crippen LogP contribution in [0.2, 0.25) is 0 Å². The molecule has 0 atom stereocenters. The Morgan fingerprint density at radius 1 is 1.50 bits per heavy atom. The van der Waals surface area contributed by atoms with E-state index in [1.54, 1.807) is 6.07 Å². The van der Waals surface area contributed by atoms with Gasteiger partial charge in [0.1, 0.15) is 12.1 Å². The van der Waals surface area contributed by atoms with Gasteiger partial charge in [-0.15, -0.1) is 0 Å². The lowest BCUT2D eigenvalue weighted by Gasteiger charge is -2.04. The number of aromatic amines is 1. The maximum atomic E-state index is 11.2. The van der Waals surface area contributed by atoms with Crippen molar-refractivity contribution in [2.75, 3.05) is 17.6 Å². The molecule has 10 heteroatoms. The van der Waals surface area contributed by atoms with Crippen molar-refractivity contribution in [3.05, 3.63) is 22.9 Å². The van der Waals surface area contributed by atoms with Crippen molar-refractivity contribution < 1.29 is 8.42 Å². The van der Waals surface area contributed by atoms with E-state index >= 15 is 0 Å². The third kappa shape index (κ3) is 3.05. The van der Waals surface area contributed by atoms with Crippen LogP contribution in [0.5, 0.6) is 0 Å². The van der Waals surface area contributed by atoms with Gasteiger partial charge in [-0.05, 0) is 6.42 Å². The molecule has 0 unspecified atom stereocenters. The normalized spacial score (nSPS) is 11.8. The minimum absolute atomic E-state index is 0.0931. The molecule has 4 N–H and O–H groups in total. The van der Waals surface area contributed by atoms with Crippen LogP contribution in [-0.4, -0.2) is 40.3 Å². The second-order valence-corrected chi connectivity index (χ2v) is 5.41.